The van der Waals surface area contributed by atoms with E-state index in [-0.39, 0.29) is 5.97 Å². The zero-order valence-electron chi connectivity index (χ0n) is 11.6. The Labute approximate surface area is 118 Å². The van der Waals surface area contributed by atoms with Gasteiger partial charge in [0, 0.05) is 12.5 Å². The fourth-order valence-corrected chi connectivity index (χ4v) is 2.84. The van der Waals surface area contributed by atoms with E-state index in [1.54, 1.807) is 6.07 Å². The lowest BCUT2D eigenvalue weighted by Crippen LogP contribution is -2.36. The van der Waals surface area contributed by atoms with Gasteiger partial charge in [0.05, 0.1) is 18.8 Å². The van der Waals surface area contributed by atoms with E-state index in [9.17, 15) is 4.79 Å². The van der Waals surface area contributed by atoms with E-state index in [4.69, 9.17) is 4.74 Å². The fraction of sp³-hybridized carbons (Fsp3) is 0.467. The molecule has 1 N–H and O–H groups in total. The number of aromatic nitrogens is 2. The standard InChI is InChI=1S/C15H19N3O2/c1-20-15(19)13-7-4-6-12-10-17-14(18(12)13)9-11-5-2-3-8-16-11/h4,6-7,10-11,16H,2-3,5,8-9H2,1H3. The van der Waals surface area contributed by atoms with Crippen molar-refractivity contribution in [2.75, 3.05) is 13.7 Å². The minimum Gasteiger partial charge on any atom is -0.464 e. The van der Waals surface area contributed by atoms with E-state index in [1.807, 2.05) is 22.7 Å². The molecule has 0 saturated carbocycles. The van der Waals surface area contributed by atoms with Crippen molar-refractivity contribution in [3.8, 4) is 0 Å². The van der Waals surface area contributed by atoms with Crippen molar-refractivity contribution < 1.29 is 9.53 Å². The van der Waals surface area contributed by atoms with Gasteiger partial charge in [-0.15, -0.1) is 0 Å². The maximum atomic E-state index is 11.9. The van der Waals surface area contributed by atoms with Crippen LogP contribution in [0.25, 0.3) is 5.52 Å². The number of hydrogen-bond acceptors (Lipinski definition) is 4. The molecule has 5 nitrogen and oxygen atoms in total. The Balaban J connectivity index is 1.96. The number of fused-ring (bicyclic) bond motifs is 1. The van der Waals surface area contributed by atoms with Crippen LogP contribution in [0.4, 0.5) is 0 Å². The number of carbonyl (C=O) groups excluding carboxylic acids is 1. The molecule has 1 aliphatic rings. The molecule has 5 heteroatoms. The Morgan fingerprint density at radius 2 is 2.40 bits per heavy atom. The lowest BCUT2D eigenvalue weighted by Gasteiger charge is -2.23. The van der Waals surface area contributed by atoms with Crippen LogP contribution in [0.3, 0.4) is 0 Å². The number of rotatable bonds is 3. The van der Waals surface area contributed by atoms with Gasteiger partial charge in [-0.2, -0.15) is 0 Å². The maximum Gasteiger partial charge on any atom is 0.355 e. The normalized spacial score (nSPS) is 19.1. The Morgan fingerprint density at radius 1 is 1.50 bits per heavy atom. The first-order valence-electron chi connectivity index (χ1n) is 7.06. The Bertz CT molecular complexity index is 615. The molecule has 1 aliphatic heterocycles. The molecule has 20 heavy (non-hydrogen) atoms. The number of imidazole rings is 1. The number of hydrogen-bond donors (Lipinski definition) is 1. The molecule has 3 rings (SSSR count). The molecule has 1 saturated heterocycles. The van der Waals surface area contributed by atoms with Crippen molar-refractivity contribution in [1.29, 1.82) is 0 Å². The molecule has 1 fully saturated rings. The molecular weight excluding hydrogens is 254 g/mol. The van der Waals surface area contributed by atoms with Crippen LogP contribution < -0.4 is 5.32 Å². The van der Waals surface area contributed by atoms with Crippen molar-refractivity contribution in [2.45, 2.75) is 31.7 Å². The zero-order valence-corrected chi connectivity index (χ0v) is 11.6. The quantitative estimate of drug-likeness (QED) is 0.867. The van der Waals surface area contributed by atoms with Gasteiger partial charge in [-0.25, -0.2) is 9.78 Å². The molecule has 0 bridgehead atoms. The van der Waals surface area contributed by atoms with Crippen LogP contribution in [0, 0.1) is 0 Å². The minimum atomic E-state index is -0.327. The highest BCUT2D eigenvalue weighted by Crippen LogP contribution is 2.16. The number of esters is 1. The van der Waals surface area contributed by atoms with E-state index in [0.29, 0.717) is 11.7 Å². The summed E-state index contributed by atoms with van der Waals surface area (Å²) in [6, 6.07) is 6.03. The second kappa shape index (κ2) is 5.63. The van der Waals surface area contributed by atoms with Crippen LogP contribution >= 0.6 is 0 Å². The molecule has 1 unspecified atom stereocenters. The summed E-state index contributed by atoms with van der Waals surface area (Å²) in [7, 11) is 1.40. The number of ether oxygens (including phenoxy) is 1. The van der Waals surface area contributed by atoms with E-state index < -0.39 is 0 Å². The Morgan fingerprint density at radius 3 is 3.15 bits per heavy atom. The largest absolute Gasteiger partial charge is 0.464 e. The molecule has 1 atom stereocenters. The highest BCUT2D eigenvalue weighted by molar-refractivity contribution is 5.88. The van der Waals surface area contributed by atoms with Crippen molar-refractivity contribution >= 4 is 11.5 Å². The van der Waals surface area contributed by atoms with Crippen LogP contribution in [0.5, 0.6) is 0 Å². The molecule has 2 aromatic heterocycles. The molecular formula is C15H19N3O2. The van der Waals surface area contributed by atoms with Gasteiger partial charge in [0.25, 0.3) is 0 Å². The first kappa shape index (κ1) is 13.1. The lowest BCUT2D eigenvalue weighted by atomic mass is 10.0. The van der Waals surface area contributed by atoms with Crippen LogP contribution in [-0.2, 0) is 11.2 Å². The lowest BCUT2D eigenvalue weighted by molar-refractivity contribution is 0.0592. The molecule has 0 amide bonds. The van der Waals surface area contributed by atoms with Crippen molar-refractivity contribution in [1.82, 2.24) is 14.7 Å². The third-order valence-corrected chi connectivity index (χ3v) is 3.86. The molecule has 0 aromatic carbocycles. The average molecular weight is 273 g/mol. The topological polar surface area (TPSA) is 55.6 Å². The number of nitrogens with zero attached hydrogens (tertiary/aromatic N) is 2. The summed E-state index contributed by atoms with van der Waals surface area (Å²) in [5.74, 6) is 0.590. The summed E-state index contributed by atoms with van der Waals surface area (Å²) in [5, 5.41) is 3.52. The van der Waals surface area contributed by atoms with Crippen molar-refractivity contribution in [3.05, 3.63) is 35.9 Å². The number of carbonyl (C=O) groups is 1. The first-order valence-corrected chi connectivity index (χ1v) is 7.06. The molecule has 0 radical (unpaired) electrons. The minimum absolute atomic E-state index is 0.327. The molecule has 3 heterocycles. The molecule has 0 spiro atoms. The maximum absolute atomic E-state index is 11.9. The summed E-state index contributed by atoms with van der Waals surface area (Å²) in [5.41, 5.74) is 1.46. The van der Waals surface area contributed by atoms with Gasteiger partial charge in [-0.1, -0.05) is 12.5 Å². The highest BCUT2D eigenvalue weighted by Gasteiger charge is 2.18. The SMILES string of the molecule is COC(=O)c1cccc2cnc(CC3CCCCN3)n12. The second-order valence-corrected chi connectivity index (χ2v) is 5.19. The third-order valence-electron chi connectivity index (χ3n) is 3.86. The second-order valence-electron chi connectivity index (χ2n) is 5.19. The Kier molecular flexibility index (Phi) is 3.69. The van der Waals surface area contributed by atoms with Crippen LogP contribution in [0.2, 0.25) is 0 Å². The predicted octanol–water partition coefficient (Wildman–Crippen LogP) is 1.81. The van der Waals surface area contributed by atoms with Gasteiger partial charge >= 0.3 is 5.97 Å². The third kappa shape index (κ3) is 2.41. The fourth-order valence-electron chi connectivity index (χ4n) is 2.84. The van der Waals surface area contributed by atoms with Crippen molar-refractivity contribution in [3.63, 3.8) is 0 Å². The van der Waals surface area contributed by atoms with Gasteiger partial charge in [0.2, 0.25) is 0 Å². The molecule has 106 valence electrons. The molecule has 0 aliphatic carbocycles. The summed E-state index contributed by atoms with van der Waals surface area (Å²) < 4.78 is 6.76. The van der Waals surface area contributed by atoms with E-state index in [2.05, 4.69) is 10.3 Å². The average Bonchev–Trinajstić information content (AvgIpc) is 2.91. The van der Waals surface area contributed by atoms with Gasteiger partial charge in [-0.3, -0.25) is 4.40 Å². The van der Waals surface area contributed by atoms with Gasteiger partial charge < -0.3 is 10.1 Å². The van der Waals surface area contributed by atoms with Crippen molar-refractivity contribution in [2.24, 2.45) is 0 Å². The monoisotopic (exact) mass is 273 g/mol. The summed E-state index contributed by atoms with van der Waals surface area (Å²) >= 11 is 0. The summed E-state index contributed by atoms with van der Waals surface area (Å²) in [6.45, 7) is 1.07. The number of methoxy groups -OCH3 is 1. The van der Waals surface area contributed by atoms with Gasteiger partial charge in [-0.05, 0) is 31.5 Å². The summed E-state index contributed by atoms with van der Waals surface area (Å²) in [6.07, 6.45) is 6.30. The first-order chi connectivity index (χ1) is 9.79. The summed E-state index contributed by atoms with van der Waals surface area (Å²) in [4.78, 5) is 16.4. The highest BCUT2D eigenvalue weighted by atomic mass is 16.5. The number of nitrogens with one attached hydrogen (secondary N) is 1. The van der Waals surface area contributed by atoms with E-state index in [0.717, 1.165) is 30.7 Å². The number of piperidine rings is 1. The van der Waals surface area contributed by atoms with Crippen LogP contribution in [0.1, 0.15) is 35.6 Å². The van der Waals surface area contributed by atoms with E-state index in [1.165, 1.54) is 20.0 Å². The van der Waals surface area contributed by atoms with Gasteiger partial charge in [0.15, 0.2) is 0 Å². The predicted molar refractivity (Wildman–Crippen MR) is 75.9 cm³/mol. The zero-order chi connectivity index (χ0) is 13.9. The molecule has 2 aromatic rings. The van der Waals surface area contributed by atoms with Crippen LogP contribution in [0.15, 0.2) is 24.4 Å². The smallest absolute Gasteiger partial charge is 0.355 e. The Hall–Kier alpha value is -1.88. The van der Waals surface area contributed by atoms with Crippen LogP contribution in [-0.4, -0.2) is 35.1 Å². The van der Waals surface area contributed by atoms with Gasteiger partial charge in [0.1, 0.15) is 11.5 Å². The number of pyridine rings is 1. The van der Waals surface area contributed by atoms with E-state index >= 15 is 0 Å².